The minimum atomic E-state index is -1.58. The number of amides is 4. The topological polar surface area (TPSA) is 251 Å². The van der Waals surface area contributed by atoms with Crippen LogP contribution in [0.3, 0.4) is 0 Å². The molecule has 0 heterocycles. The number of aliphatic hydroxyl groups excluding tert-OH is 1. The van der Waals surface area contributed by atoms with Crippen LogP contribution in [0.25, 0.3) is 0 Å². The van der Waals surface area contributed by atoms with E-state index in [4.69, 9.17) is 16.6 Å². The Morgan fingerprint density at radius 2 is 1.30 bits per heavy atom. The van der Waals surface area contributed by atoms with Gasteiger partial charge in [0.15, 0.2) is 0 Å². The highest BCUT2D eigenvalue weighted by Crippen LogP contribution is 2.07. The molecule has 0 aromatic heterocycles. The molecule has 0 saturated heterocycles. The quantitative estimate of drug-likeness (QED) is 0.119. The minimum absolute atomic E-state index is 0.0816. The third kappa shape index (κ3) is 11.8. The number of carboxylic acids is 2. The van der Waals surface area contributed by atoms with Gasteiger partial charge < -0.3 is 42.7 Å². The molecule has 33 heavy (non-hydrogen) atoms. The van der Waals surface area contributed by atoms with Crippen LogP contribution in [0.5, 0.6) is 0 Å². The van der Waals surface area contributed by atoms with E-state index in [2.05, 4.69) is 16.0 Å². The predicted octanol–water partition coefficient (Wildman–Crippen LogP) is -2.98. The van der Waals surface area contributed by atoms with Crippen molar-refractivity contribution in [2.75, 3.05) is 0 Å². The summed E-state index contributed by atoms with van der Waals surface area (Å²) in [5, 5.41) is 34.3. The summed E-state index contributed by atoms with van der Waals surface area (Å²) in [6, 6.07) is -5.77. The number of nitrogens with two attached hydrogens (primary N) is 2. The van der Waals surface area contributed by atoms with Crippen molar-refractivity contribution in [2.45, 2.75) is 76.7 Å². The molecule has 0 aromatic rings. The van der Waals surface area contributed by atoms with E-state index < -0.39 is 85.1 Å². The van der Waals surface area contributed by atoms with Crippen LogP contribution in [0.4, 0.5) is 0 Å². The molecule has 0 rings (SSSR count). The molecule has 4 amide bonds. The van der Waals surface area contributed by atoms with Crippen LogP contribution < -0.4 is 27.4 Å². The van der Waals surface area contributed by atoms with Gasteiger partial charge in [-0.3, -0.25) is 24.0 Å². The standard InChI is InChI=1S/C19H33N5O9/c1-8(2)6-12(19(32)33)24-16(29)10(4-5-14(27)28)22-17(30)11(7-13(20)26)23-18(31)15(21)9(3)25/h8-12,15,25H,4-7,21H2,1-3H3,(H2,20,26)(H,22,30)(H,23,31)(H,24,29)(H,27,28)(H,32,33). The lowest BCUT2D eigenvalue weighted by molar-refractivity contribution is -0.143. The van der Waals surface area contributed by atoms with Gasteiger partial charge in [0.2, 0.25) is 23.6 Å². The largest absolute Gasteiger partial charge is 0.481 e. The third-order valence-electron chi connectivity index (χ3n) is 4.46. The molecule has 14 nitrogen and oxygen atoms in total. The van der Waals surface area contributed by atoms with Crippen molar-refractivity contribution < 1.29 is 44.1 Å². The Hall–Kier alpha value is -3.26. The van der Waals surface area contributed by atoms with Crippen molar-refractivity contribution in [1.29, 1.82) is 0 Å². The molecular formula is C19H33N5O9. The van der Waals surface area contributed by atoms with E-state index in [1.807, 2.05) is 0 Å². The Morgan fingerprint density at radius 3 is 1.73 bits per heavy atom. The fourth-order valence-corrected chi connectivity index (χ4v) is 2.67. The Bertz CT molecular complexity index is 741. The zero-order valence-electron chi connectivity index (χ0n) is 18.7. The van der Waals surface area contributed by atoms with Crippen molar-refractivity contribution in [2.24, 2.45) is 17.4 Å². The lowest BCUT2D eigenvalue weighted by Crippen LogP contribution is -2.58. The molecule has 0 bridgehead atoms. The maximum Gasteiger partial charge on any atom is 0.326 e. The Morgan fingerprint density at radius 1 is 0.818 bits per heavy atom. The first-order valence-electron chi connectivity index (χ1n) is 10.2. The number of aliphatic carboxylic acids is 2. The molecule has 10 N–H and O–H groups in total. The molecule has 0 aliphatic heterocycles. The summed E-state index contributed by atoms with van der Waals surface area (Å²) in [5.74, 6) is -6.64. The molecule has 0 spiro atoms. The van der Waals surface area contributed by atoms with Crippen LogP contribution in [-0.2, 0) is 28.8 Å². The number of hydrogen-bond acceptors (Lipinski definition) is 8. The number of nitrogens with one attached hydrogen (secondary N) is 3. The summed E-state index contributed by atoms with van der Waals surface area (Å²) in [6.45, 7) is 4.71. The van der Waals surface area contributed by atoms with Crippen molar-refractivity contribution in [3.63, 3.8) is 0 Å². The smallest absolute Gasteiger partial charge is 0.326 e. The molecule has 0 aliphatic carbocycles. The SMILES string of the molecule is CC(C)CC(NC(=O)C(CCC(=O)O)NC(=O)C(CC(N)=O)NC(=O)C(N)C(C)O)C(=O)O. The first kappa shape index (κ1) is 29.7. The molecule has 0 aliphatic rings. The number of carbonyl (C=O) groups is 6. The molecular weight excluding hydrogens is 442 g/mol. The van der Waals surface area contributed by atoms with Gasteiger partial charge in [0.1, 0.15) is 24.2 Å². The van der Waals surface area contributed by atoms with Gasteiger partial charge in [0.05, 0.1) is 12.5 Å². The average Bonchev–Trinajstić information content (AvgIpc) is 2.67. The zero-order valence-corrected chi connectivity index (χ0v) is 18.7. The second kappa shape index (κ2) is 14.0. The summed E-state index contributed by atoms with van der Waals surface area (Å²) >= 11 is 0. The lowest BCUT2D eigenvalue weighted by atomic mass is 10.0. The van der Waals surface area contributed by atoms with Gasteiger partial charge in [-0.25, -0.2) is 4.79 Å². The number of rotatable bonds is 15. The average molecular weight is 475 g/mol. The van der Waals surface area contributed by atoms with Gasteiger partial charge in [-0.2, -0.15) is 0 Å². The van der Waals surface area contributed by atoms with E-state index in [-0.39, 0.29) is 12.3 Å². The number of hydrogen-bond donors (Lipinski definition) is 8. The summed E-state index contributed by atoms with van der Waals surface area (Å²) in [4.78, 5) is 71.1. The minimum Gasteiger partial charge on any atom is -0.481 e. The summed E-state index contributed by atoms with van der Waals surface area (Å²) in [5.41, 5.74) is 10.6. The van der Waals surface area contributed by atoms with Crippen molar-refractivity contribution >= 4 is 35.6 Å². The molecule has 0 radical (unpaired) electrons. The lowest BCUT2D eigenvalue weighted by Gasteiger charge is -2.25. The Kier molecular flexibility index (Phi) is 12.6. The number of carboxylic acid groups (broad SMARTS) is 2. The predicted molar refractivity (Wildman–Crippen MR) is 113 cm³/mol. The molecule has 5 unspecified atom stereocenters. The molecule has 188 valence electrons. The van der Waals surface area contributed by atoms with Gasteiger partial charge in [-0.1, -0.05) is 13.8 Å². The monoisotopic (exact) mass is 475 g/mol. The van der Waals surface area contributed by atoms with Crippen LogP contribution in [0.1, 0.15) is 46.5 Å². The van der Waals surface area contributed by atoms with Crippen molar-refractivity contribution in [3.05, 3.63) is 0 Å². The van der Waals surface area contributed by atoms with Gasteiger partial charge >= 0.3 is 11.9 Å². The fraction of sp³-hybridized carbons (Fsp3) is 0.684. The first-order valence-corrected chi connectivity index (χ1v) is 10.2. The van der Waals surface area contributed by atoms with Crippen LogP contribution in [0.15, 0.2) is 0 Å². The highest BCUT2D eigenvalue weighted by molar-refractivity contribution is 5.96. The van der Waals surface area contributed by atoms with E-state index in [1.165, 1.54) is 6.92 Å². The molecule has 14 heteroatoms. The van der Waals surface area contributed by atoms with Gasteiger partial charge in [-0.05, 0) is 25.7 Å². The van der Waals surface area contributed by atoms with Crippen LogP contribution >= 0.6 is 0 Å². The maximum absolute atomic E-state index is 12.7. The van der Waals surface area contributed by atoms with Crippen LogP contribution in [-0.4, -0.2) is 81.2 Å². The maximum atomic E-state index is 12.7. The van der Waals surface area contributed by atoms with E-state index >= 15 is 0 Å². The van der Waals surface area contributed by atoms with E-state index in [1.54, 1.807) is 13.8 Å². The van der Waals surface area contributed by atoms with Crippen LogP contribution in [0, 0.1) is 5.92 Å². The summed E-state index contributed by atoms with van der Waals surface area (Å²) in [7, 11) is 0. The normalized spacial score (nSPS) is 15.5. The summed E-state index contributed by atoms with van der Waals surface area (Å²) in [6.07, 6.45) is -2.81. The number of carbonyl (C=O) groups excluding carboxylic acids is 4. The highest BCUT2D eigenvalue weighted by atomic mass is 16.4. The Balaban J connectivity index is 5.61. The zero-order chi connectivity index (χ0) is 25.9. The second-order valence-corrected chi connectivity index (χ2v) is 8.02. The third-order valence-corrected chi connectivity index (χ3v) is 4.46. The molecule has 0 saturated carbocycles. The van der Waals surface area contributed by atoms with Crippen LogP contribution in [0.2, 0.25) is 0 Å². The van der Waals surface area contributed by atoms with E-state index in [9.17, 15) is 39.0 Å². The van der Waals surface area contributed by atoms with Crippen molar-refractivity contribution in [1.82, 2.24) is 16.0 Å². The van der Waals surface area contributed by atoms with Crippen molar-refractivity contribution in [3.8, 4) is 0 Å². The van der Waals surface area contributed by atoms with Gasteiger partial charge in [-0.15, -0.1) is 0 Å². The summed E-state index contributed by atoms with van der Waals surface area (Å²) < 4.78 is 0. The Labute approximate surface area is 190 Å². The highest BCUT2D eigenvalue weighted by Gasteiger charge is 2.32. The van der Waals surface area contributed by atoms with E-state index in [0.717, 1.165) is 0 Å². The second-order valence-electron chi connectivity index (χ2n) is 8.02. The van der Waals surface area contributed by atoms with E-state index in [0.29, 0.717) is 0 Å². The number of primary amides is 1. The molecule has 5 atom stereocenters. The molecule has 0 fully saturated rings. The molecule has 0 aromatic carbocycles. The fourth-order valence-electron chi connectivity index (χ4n) is 2.67. The first-order chi connectivity index (χ1) is 15.1. The van der Waals surface area contributed by atoms with Gasteiger partial charge in [0, 0.05) is 6.42 Å². The number of aliphatic hydroxyl groups is 1. The van der Waals surface area contributed by atoms with Gasteiger partial charge in [0.25, 0.3) is 0 Å².